The number of amides is 1. The van der Waals surface area contributed by atoms with E-state index in [1.165, 1.54) is 12.1 Å². The number of carbonyl (C=O) groups excluding carboxylic acids is 1. The van der Waals surface area contributed by atoms with Gasteiger partial charge in [-0.2, -0.15) is 0 Å². The number of nitrogens with one attached hydrogen (secondary N) is 1. The largest absolute Gasteiger partial charge is 0.348 e. The fourth-order valence-corrected chi connectivity index (χ4v) is 1.79. The first kappa shape index (κ1) is 12.6. The summed E-state index contributed by atoms with van der Waals surface area (Å²) in [5.41, 5.74) is 1.12. The quantitative estimate of drug-likeness (QED) is 0.903. The second-order valence-electron chi connectivity index (χ2n) is 3.79. The van der Waals surface area contributed by atoms with E-state index in [-0.39, 0.29) is 18.3 Å². The number of halogens is 2. The summed E-state index contributed by atoms with van der Waals surface area (Å²) in [6.45, 7) is 0.266. The van der Waals surface area contributed by atoms with Crippen molar-refractivity contribution in [2.24, 2.45) is 0 Å². The zero-order valence-corrected chi connectivity index (χ0v) is 10.2. The molecule has 92 valence electrons. The zero-order chi connectivity index (χ0) is 13.0. The number of rotatable bonds is 3. The van der Waals surface area contributed by atoms with Crippen LogP contribution in [-0.2, 0) is 6.54 Å². The molecule has 0 aliphatic rings. The van der Waals surface area contributed by atoms with Crippen LogP contribution < -0.4 is 5.32 Å². The molecule has 2 aromatic rings. The molecule has 0 heterocycles. The van der Waals surface area contributed by atoms with E-state index in [2.05, 4.69) is 5.32 Å². The van der Waals surface area contributed by atoms with Gasteiger partial charge in [-0.25, -0.2) is 4.39 Å². The van der Waals surface area contributed by atoms with Crippen LogP contribution >= 0.6 is 11.6 Å². The molecule has 0 aliphatic heterocycles. The van der Waals surface area contributed by atoms with E-state index in [9.17, 15) is 9.18 Å². The molecule has 0 spiro atoms. The Kier molecular flexibility index (Phi) is 3.95. The van der Waals surface area contributed by atoms with Gasteiger partial charge in [0.25, 0.3) is 5.91 Å². The van der Waals surface area contributed by atoms with Crippen molar-refractivity contribution in [3.8, 4) is 0 Å². The van der Waals surface area contributed by atoms with E-state index >= 15 is 0 Å². The second-order valence-corrected chi connectivity index (χ2v) is 4.20. The van der Waals surface area contributed by atoms with Crippen LogP contribution in [0.2, 0.25) is 5.02 Å². The molecule has 4 heteroatoms. The van der Waals surface area contributed by atoms with Crippen LogP contribution in [0.1, 0.15) is 15.9 Å². The highest BCUT2D eigenvalue weighted by Crippen LogP contribution is 2.14. The highest BCUT2D eigenvalue weighted by atomic mass is 35.5. The van der Waals surface area contributed by atoms with E-state index in [0.29, 0.717) is 16.1 Å². The minimum absolute atomic E-state index is 0.266. The second kappa shape index (κ2) is 5.65. The highest BCUT2D eigenvalue weighted by molar-refractivity contribution is 6.33. The van der Waals surface area contributed by atoms with Crippen molar-refractivity contribution in [3.63, 3.8) is 0 Å². The molecular formula is C14H11ClFNO. The van der Waals surface area contributed by atoms with Crippen molar-refractivity contribution in [1.29, 1.82) is 0 Å². The van der Waals surface area contributed by atoms with Crippen molar-refractivity contribution >= 4 is 17.5 Å². The first-order valence-corrected chi connectivity index (χ1v) is 5.82. The maximum absolute atomic E-state index is 12.9. The van der Waals surface area contributed by atoms with E-state index in [1.807, 2.05) is 0 Å². The average molecular weight is 264 g/mol. The van der Waals surface area contributed by atoms with Crippen LogP contribution in [0.5, 0.6) is 0 Å². The summed E-state index contributed by atoms with van der Waals surface area (Å²) >= 11 is 5.91. The lowest BCUT2D eigenvalue weighted by Crippen LogP contribution is -2.23. The van der Waals surface area contributed by atoms with Crippen LogP contribution in [0, 0.1) is 5.82 Å². The summed E-state index contributed by atoms with van der Waals surface area (Å²) in [5, 5.41) is 3.09. The minimum Gasteiger partial charge on any atom is -0.348 e. The van der Waals surface area contributed by atoms with Crippen molar-refractivity contribution in [2.45, 2.75) is 6.54 Å². The molecular weight excluding hydrogens is 253 g/mol. The van der Waals surface area contributed by atoms with Gasteiger partial charge in [0.15, 0.2) is 0 Å². The van der Waals surface area contributed by atoms with Crippen molar-refractivity contribution < 1.29 is 9.18 Å². The molecule has 2 rings (SSSR count). The fourth-order valence-electron chi connectivity index (χ4n) is 1.57. The lowest BCUT2D eigenvalue weighted by atomic mass is 10.2. The molecule has 0 saturated carbocycles. The molecule has 0 radical (unpaired) electrons. The number of hydrogen-bond acceptors (Lipinski definition) is 1. The number of carbonyl (C=O) groups is 1. The normalized spacial score (nSPS) is 10.1. The Balaban J connectivity index is 2.03. The summed E-state index contributed by atoms with van der Waals surface area (Å²) < 4.78 is 12.9. The van der Waals surface area contributed by atoms with Gasteiger partial charge in [0, 0.05) is 6.54 Å². The van der Waals surface area contributed by atoms with Crippen LogP contribution in [0.4, 0.5) is 4.39 Å². The lowest BCUT2D eigenvalue weighted by molar-refractivity contribution is 0.0951. The molecule has 0 bridgehead atoms. The first-order valence-electron chi connectivity index (χ1n) is 5.44. The average Bonchev–Trinajstić information content (AvgIpc) is 2.37. The van der Waals surface area contributed by atoms with Crippen molar-refractivity contribution in [1.82, 2.24) is 5.32 Å². The Bertz CT molecular complexity index is 571. The highest BCUT2D eigenvalue weighted by Gasteiger charge is 2.08. The van der Waals surface area contributed by atoms with Gasteiger partial charge >= 0.3 is 0 Å². The molecule has 18 heavy (non-hydrogen) atoms. The first-order chi connectivity index (χ1) is 8.66. The van der Waals surface area contributed by atoms with Crippen LogP contribution in [0.3, 0.4) is 0 Å². The number of hydrogen-bond donors (Lipinski definition) is 1. The van der Waals surface area contributed by atoms with E-state index in [1.54, 1.807) is 36.4 Å². The topological polar surface area (TPSA) is 29.1 Å². The third-order valence-corrected chi connectivity index (χ3v) is 2.79. The monoisotopic (exact) mass is 263 g/mol. The van der Waals surface area contributed by atoms with Gasteiger partial charge in [0.2, 0.25) is 0 Å². The molecule has 1 N–H and O–H groups in total. The van der Waals surface area contributed by atoms with Crippen molar-refractivity contribution in [2.75, 3.05) is 0 Å². The minimum atomic E-state index is -0.320. The SMILES string of the molecule is O=C(NCc1cccc(F)c1)c1ccccc1Cl. The summed E-state index contributed by atoms with van der Waals surface area (Å²) in [6, 6.07) is 12.9. The van der Waals surface area contributed by atoms with Crippen molar-refractivity contribution in [3.05, 3.63) is 70.5 Å². The number of benzene rings is 2. The Hall–Kier alpha value is -1.87. The molecule has 1 amide bonds. The maximum Gasteiger partial charge on any atom is 0.253 e. The standard InChI is InChI=1S/C14H11ClFNO/c15-13-7-2-1-6-12(13)14(18)17-9-10-4-3-5-11(16)8-10/h1-8H,9H2,(H,17,18). The molecule has 2 aromatic carbocycles. The predicted molar refractivity (Wildman–Crippen MR) is 69.0 cm³/mol. The summed E-state index contributed by atoms with van der Waals surface area (Å²) in [5.74, 6) is -0.593. The lowest BCUT2D eigenvalue weighted by Gasteiger charge is -2.06. The molecule has 0 fully saturated rings. The summed E-state index contributed by atoms with van der Waals surface area (Å²) in [7, 11) is 0. The Morgan fingerprint density at radius 2 is 1.94 bits per heavy atom. The van der Waals surface area contributed by atoms with Crippen LogP contribution in [-0.4, -0.2) is 5.91 Å². The molecule has 0 unspecified atom stereocenters. The van der Waals surface area contributed by atoms with Gasteiger partial charge < -0.3 is 5.32 Å². The maximum atomic E-state index is 12.9. The van der Waals surface area contributed by atoms with E-state index in [0.717, 1.165) is 0 Å². The van der Waals surface area contributed by atoms with E-state index in [4.69, 9.17) is 11.6 Å². The van der Waals surface area contributed by atoms with Gasteiger partial charge in [-0.3, -0.25) is 4.79 Å². The predicted octanol–water partition coefficient (Wildman–Crippen LogP) is 3.41. The Morgan fingerprint density at radius 3 is 2.67 bits per heavy atom. The molecule has 2 nitrogen and oxygen atoms in total. The molecule has 0 aromatic heterocycles. The Morgan fingerprint density at radius 1 is 1.17 bits per heavy atom. The smallest absolute Gasteiger partial charge is 0.253 e. The van der Waals surface area contributed by atoms with Crippen LogP contribution in [0.25, 0.3) is 0 Å². The van der Waals surface area contributed by atoms with E-state index < -0.39 is 0 Å². The van der Waals surface area contributed by atoms with Crippen LogP contribution in [0.15, 0.2) is 48.5 Å². The molecule has 0 aliphatic carbocycles. The third-order valence-electron chi connectivity index (χ3n) is 2.46. The van der Waals surface area contributed by atoms with Gasteiger partial charge in [-0.05, 0) is 29.8 Å². The van der Waals surface area contributed by atoms with Gasteiger partial charge in [0.05, 0.1) is 10.6 Å². The Labute approximate surface area is 109 Å². The third kappa shape index (κ3) is 3.08. The summed E-state index contributed by atoms with van der Waals surface area (Å²) in [6.07, 6.45) is 0. The summed E-state index contributed by atoms with van der Waals surface area (Å²) in [4.78, 5) is 11.8. The molecule has 0 atom stereocenters. The molecule has 0 saturated heterocycles. The van der Waals surface area contributed by atoms with Gasteiger partial charge in [0.1, 0.15) is 5.82 Å². The fraction of sp³-hybridized carbons (Fsp3) is 0.0714. The van der Waals surface area contributed by atoms with Gasteiger partial charge in [-0.1, -0.05) is 35.9 Å². The van der Waals surface area contributed by atoms with Gasteiger partial charge in [-0.15, -0.1) is 0 Å². The zero-order valence-electron chi connectivity index (χ0n) is 9.49.